The van der Waals surface area contributed by atoms with E-state index in [-0.39, 0.29) is 11.8 Å². The molecule has 0 radical (unpaired) electrons. The number of aryl methyl sites for hydroxylation is 1. The van der Waals surface area contributed by atoms with Gasteiger partial charge in [0, 0.05) is 30.8 Å². The number of carbonyl (C=O) groups is 2. The van der Waals surface area contributed by atoms with E-state index in [9.17, 15) is 9.59 Å². The Morgan fingerprint density at radius 2 is 2.00 bits per heavy atom. The summed E-state index contributed by atoms with van der Waals surface area (Å²) < 4.78 is 0. The van der Waals surface area contributed by atoms with Crippen LogP contribution in [-0.2, 0) is 4.79 Å². The van der Waals surface area contributed by atoms with Gasteiger partial charge in [-0.2, -0.15) is 0 Å². The van der Waals surface area contributed by atoms with Crippen molar-refractivity contribution in [3.8, 4) is 0 Å². The summed E-state index contributed by atoms with van der Waals surface area (Å²) in [5.74, 6) is -0.471. The Labute approximate surface area is 119 Å². The normalized spacial score (nSPS) is 10.1. The van der Waals surface area contributed by atoms with Gasteiger partial charge < -0.3 is 16.4 Å². The van der Waals surface area contributed by atoms with Crippen LogP contribution in [0.1, 0.15) is 42.1 Å². The minimum atomic E-state index is -0.346. The zero-order chi connectivity index (χ0) is 15.0. The average molecular weight is 277 g/mol. The van der Waals surface area contributed by atoms with Gasteiger partial charge in [0.15, 0.2) is 0 Å². The number of nitrogens with one attached hydrogen (secondary N) is 2. The lowest BCUT2D eigenvalue weighted by molar-refractivity contribution is -0.118. The number of benzene rings is 1. The summed E-state index contributed by atoms with van der Waals surface area (Å²) in [6.07, 6.45) is 1.91. The number of anilines is 1. The predicted octanol–water partition coefficient (Wildman–Crippen LogP) is 1.81. The van der Waals surface area contributed by atoms with Gasteiger partial charge in [0.1, 0.15) is 0 Å². The van der Waals surface area contributed by atoms with Crippen molar-refractivity contribution in [2.75, 3.05) is 18.4 Å². The predicted molar refractivity (Wildman–Crippen MR) is 80.7 cm³/mol. The summed E-state index contributed by atoms with van der Waals surface area (Å²) in [5.41, 5.74) is 7.76. The Morgan fingerprint density at radius 1 is 1.25 bits per heavy atom. The van der Waals surface area contributed by atoms with Gasteiger partial charge in [-0.3, -0.25) is 9.59 Å². The molecule has 1 aromatic carbocycles. The number of primary amides is 1. The van der Waals surface area contributed by atoms with E-state index in [2.05, 4.69) is 17.6 Å². The zero-order valence-electron chi connectivity index (χ0n) is 12.2. The fourth-order valence-electron chi connectivity index (χ4n) is 1.83. The molecule has 0 aromatic heterocycles. The minimum absolute atomic E-state index is 0.125. The lowest BCUT2D eigenvalue weighted by Crippen LogP contribution is -2.25. The molecule has 0 spiro atoms. The summed E-state index contributed by atoms with van der Waals surface area (Å²) in [5, 5.41) is 6.09. The highest BCUT2D eigenvalue weighted by Crippen LogP contribution is 2.16. The van der Waals surface area contributed by atoms with Crippen molar-refractivity contribution in [1.82, 2.24) is 5.32 Å². The van der Waals surface area contributed by atoms with Gasteiger partial charge in [0.2, 0.25) is 5.91 Å². The van der Waals surface area contributed by atoms with Crippen LogP contribution < -0.4 is 16.4 Å². The fourth-order valence-corrected chi connectivity index (χ4v) is 1.83. The highest BCUT2D eigenvalue weighted by molar-refractivity contribution is 5.94. The first kappa shape index (κ1) is 16.0. The van der Waals surface area contributed by atoms with Crippen molar-refractivity contribution in [2.45, 2.75) is 33.1 Å². The first-order chi connectivity index (χ1) is 9.54. The zero-order valence-corrected chi connectivity index (χ0v) is 12.2. The van der Waals surface area contributed by atoms with Crippen molar-refractivity contribution in [1.29, 1.82) is 0 Å². The van der Waals surface area contributed by atoms with E-state index < -0.39 is 0 Å². The molecule has 0 saturated carbocycles. The molecule has 5 heteroatoms. The summed E-state index contributed by atoms with van der Waals surface area (Å²) >= 11 is 0. The SMILES string of the molecule is CCCNc1ccc(C(=O)NCCCC(N)=O)cc1C. The maximum Gasteiger partial charge on any atom is 0.251 e. The highest BCUT2D eigenvalue weighted by atomic mass is 16.2. The van der Waals surface area contributed by atoms with Gasteiger partial charge in [-0.15, -0.1) is 0 Å². The van der Waals surface area contributed by atoms with Gasteiger partial charge >= 0.3 is 0 Å². The van der Waals surface area contributed by atoms with Gasteiger partial charge in [-0.1, -0.05) is 6.92 Å². The number of rotatable bonds is 8. The maximum absolute atomic E-state index is 11.9. The Hall–Kier alpha value is -2.04. The third kappa shape index (κ3) is 5.30. The van der Waals surface area contributed by atoms with Crippen molar-refractivity contribution in [2.24, 2.45) is 5.73 Å². The van der Waals surface area contributed by atoms with Crippen molar-refractivity contribution >= 4 is 17.5 Å². The van der Waals surface area contributed by atoms with Crippen molar-refractivity contribution < 1.29 is 9.59 Å². The summed E-state index contributed by atoms with van der Waals surface area (Å²) in [7, 11) is 0. The van der Waals surface area contributed by atoms with Gasteiger partial charge in [0.05, 0.1) is 0 Å². The molecular weight excluding hydrogens is 254 g/mol. The van der Waals surface area contributed by atoms with Crippen LogP contribution in [0.4, 0.5) is 5.69 Å². The molecule has 0 aliphatic carbocycles. The molecule has 1 rings (SSSR count). The number of hydrogen-bond acceptors (Lipinski definition) is 3. The first-order valence-corrected chi connectivity index (χ1v) is 6.95. The molecule has 0 atom stereocenters. The number of carbonyl (C=O) groups excluding carboxylic acids is 2. The lowest BCUT2D eigenvalue weighted by Gasteiger charge is -2.10. The molecule has 20 heavy (non-hydrogen) atoms. The Balaban J connectivity index is 2.52. The van der Waals surface area contributed by atoms with E-state index in [1.165, 1.54) is 0 Å². The van der Waals surface area contributed by atoms with E-state index in [1.807, 2.05) is 19.1 Å². The second kappa shape index (κ2) is 8.19. The van der Waals surface area contributed by atoms with E-state index in [1.54, 1.807) is 6.07 Å². The van der Waals surface area contributed by atoms with Gasteiger partial charge in [-0.25, -0.2) is 0 Å². The summed E-state index contributed by atoms with van der Waals surface area (Å²) in [4.78, 5) is 22.5. The van der Waals surface area contributed by atoms with Crippen LogP contribution in [0.25, 0.3) is 0 Å². The van der Waals surface area contributed by atoms with Crippen LogP contribution >= 0.6 is 0 Å². The molecule has 2 amide bonds. The first-order valence-electron chi connectivity index (χ1n) is 6.95. The Kier molecular flexibility index (Phi) is 6.56. The topological polar surface area (TPSA) is 84.2 Å². The molecule has 0 fully saturated rings. The van der Waals surface area contributed by atoms with Crippen LogP contribution in [0.3, 0.4) is 0 Å². The largest absolute Gasteiger partial charge is 0.385 e. The molecule has 0 bridgehead atoms. The molecule has 5 nitrogen and oxygen atoms in total. The second-order valence-electron chi connectivity index (χ2n) is 4.78. The van der Waals surface area contributed by atoms with Crippen LogP contribution in [0, 0.1) is 6.92 Å². The van der Waals surface area contributed by atoms with Crippen LogP contribution in [-0.4, -0.2) is 24.9 Å². The van der Waals surface area contributed by atoms with Crippen LogP contribution in [0.15, 0.2) is 18.2 Å². The maximum atomic E-state index is 11.9. The molecule has 110 valence electrons. The third-order valence-electron chi connectivity index (χ3n) is 2.94. The van der Waals surface area contributed by atoms with E-state index in [4.69, 9.17) is 5.73 Å². The highest BCUT2D eigenvalue weighted by Gasteiger charge is 2.07. The monoisotopic (exact) mass is 277 g/mol. The minimum Gasteiger partial charge on any atom is -0.385 e. The Morgan fingerprint density at radius 3 is 2.60 bits per heavy atom. The number of nitrogens with two attached hydrogens (primary N) is 1. The van der Waals surface area contributed by atoms with Gasteiger partial charge in [-0.05, 0) is 43.5 Å². The van der Waals surface area contributed by atoms with Crippen LogP contribution in [0.5, 0.6) is 0 Å². The molecule has 0 aliphatic heterocycles. The third-order valence-corrected chi connectivity index (χ3v) is 2.94. The fraction of sp³-hybridized carbons (Fsp3) is 0.467. The number of amides is 2. The second-order valence-corrected chi connectivity index (χ2v) is 4.78. The molecule has 4 N–H and O–H groups in total. The van der Waals surface area contributed by atoms with E-state index in [0.29, 0.717) is 24.9 Å². The number of hydrogen-bond donors (Lipinski definition) is 3. The quantitative estimate of drug-likeness (QED) is 0.634. The molecular formula is C15H23N3O2. The molecule has 0 unspecified atom stereocenters. The molecule has 0 saturated heterocycles. The molecule has 0 heterocycles. The lowest BCUT2D eigenvalue weighted by atomic mass is 10.1. The summed E-state index contributed by atoms with van der Waals surface area (Å²) in [6, 6.07) is 5.58. The standard InChI is InChI=1S/C15H23N3O2/c1-3-8-17-13-7-6-12(10-11(13)2)15(20)18-9-4-5-14(16)19/h6-7,10,17H,3-5,8-9H2,1-2H3,(H2,16,19)(H,18,20). The smallest absolute Gasteiger partial charge is 0.251 e. The van der Waals surface area contributed by atoms with Gasteiger partial charge in [0.25, 0.3) is 5.91 Å². The van der Waals surface area contributed by atoms with E-state index >= 15 is 0 Å². The van der Waals surface area contributed by atoms with E-state index in [0.717, 1.165) is 24.2 Å². The molecule has 0 aliphatic rings. The van der Waals surface area contributed by atoms with Crippen molar-refractivity contribution in [3.05, 3.63) is 29.3 Å². The average Bonchev–Trinajstić information content (AvgIpc) is 2.41. The summed E-state index contributed by atoms with van der Waals surface area (Å²) in [6.45, 7) is 5.45. The molecule has 1 aromatic rings. The van der Waals surface area contributed by atoms with Crippen molar-refractivity contribution in [3.63, 3.8) is 0 Å². The van der Waals surface area contributed by atoms with Crippen LogP contribution in [0.2, 0.25) is 0 Å². The Bertz CT molecular complexity index is 472.